The average molecular weight is 604 g/mol. The summed E-state index contributed by atoms with van der Waals surface area (Å²) in [6.07, 6.45) is 6.41. The number of hydrogen-bond acceptors (Lipinski definition) is 7. The van der Waals surface area contributed by atoms with Gasteiger partial charge in [0.1, 0.15) is 0 Å². The first-order chi connectivity index (χ1) is 21.1. The van der Waals surface area contributed by atoms with Crippen molar-refractivity contribution in [3.63, 3.8) is 0 Å². The quantitative estimate of drug-likeness (QED) is 0.333. The summed E-state index contributed by atoms with van der Waals surface area (Å²) in [4.78, 5) is 38.9. The Morgan fingerprint density at radius 3 is 2.48 bits per heavy atom. The standard InChI is InChI=1S/C32H35F2N7O3/c1-19-17-20(5-6-21(19)30(42)39-13-15-40(16-14-39)31(43)23-9-10-32(2,3)38-23)37-28-29-36-18-24(41(29)12-11-35-28)22-7-8-25(44-4)27(34)26(22)33/h5-8,11-12,17-18,23,38H,9-10,13-16H2,1-4H3,(H,35,37)/t23-/m0/s1. The molecule has 1 atom stereocenters. The number of aromatic nitrogens is 3. The zero-order valence-corrected chi connectivity index (χ0v) is 25.2. The number of rotatable bonds is 6. The molecular weight excluding hydrogens is 568 g/mol. The number of nitrogens with zero attached hydrogens (tertiary/aromatic N) is 5. The molecule has 44 heavy (non-hydrogen) atoms. The van der Waals surface area contributed by atoms with E-state index in [2.05, 4.69) is 34.4 Å². The molecule has 2 aromatic heterocycles. The molecule has 0 saturated carbocycles. The van der Waals surface area contributed by atoms with Gasteiger partial charge in [-0.2, -0.15) is 4.39 Å². The average Bonchev–Trinajstić information content (AvgIpc) is 3.61. The molecule has 2 saturated heterocycles. The molecule has 10 nitrogen and oxygen atoms in total. The van der Waals surface area contributed by atoms with E-state index >= 15 is 0 Å². The van der Waals surface area contributed by atoms with E-state index in [1.807, 2.05) is 17.9 Å². The van der Waals surface area contributed by atoms with E-state index in [1.165, 1.54) is 31.6 Å². The van der Waals surface area contributed by atoms with Crippen LogP contribution >= 0.6 is 0 Å². The van der Waals surface area contributed by atoms with Crippen molar-refractivity contribution in [3.05, 3.63) is 71.7 Å². The van der Waals surface area contributed by atoms with Crippen molar-refractivity contribution < 1.29 is 23.1 Å². The summed E-state index contributed by atoms with van der Waals surface area (Å²) in [6, 6.07) is 8.07. The van der Waals surface area contributed by atoms with Crippen LogP contribution in [0.3, 0.4) is 0 Å². The molecule has 230 valence electrons. The number of nitrogens with one attached hydrogen (secondary N) is 2. The maximum absolute atomic E-state index is 14.8. The number of anilines is 2. The van der Waals surface area contributed by atoms with E-state index in [4.69, 9.17) is 4.74 Å². The van der Waals surface area contributed by atoms with Crippen LogP contribution in [0.5, 0.6) is 5.75 Å². The molecule has 0 spiro atoms. The Morgan fingerprint density at radius 1 is 1.05 bits per heavy atom. The molecule has 0 radical (unpaired) electrons. The van der Waals surface area contributed by atoms with Gasteiger partial charge in [0.15, 0.2) is 23.0 Å². The minimum Gasteiger partial charge on any atom is -0.494 e. The largest absolute Gasteiger partial charge is 0.494 e. The maximum Gasteiger partial charge on any atom is 0.254 e. The van der Waals surface area contributed by atoms with Gasteiger partial charge in [-0.05, 0) is 69.5 Å². The number of amides is 2. The van der Waals surface area contributed by atoms with Crippen molar-refractivity contribution in [2.45, 2.75) is 45.2 Å². The Balaban J connectivity index is 1.14. The highest BCUT2D eigenvalue weighted by atomic mass is 19.2. The van der Waals surface area contributed by atoms with Crippen LogP contribution in [0, 0.1) is 18.6 Å². The number of carbonyl (C=O) groups excluding carboxylic acids is 2. The van der Waals surface area contributed by atoms with Crippen LogP contribution in [-0.2, 0) is 4.79 Å². The Kier molecular flexibility index (Phi) is 7.70. The van der Waals surface area contributed by atoms with Crippen LogP contribution in [0.1, 0.15) is 42.6 Å². The summed E-state index contributed by atoms with van der Waals surface area (Å²) in [5.74, 6) is -1.83. The number of piperazine rings is 1. The molecule has 2 fully saturated rings. The predicted octanol–water partition coefficient (Wildman–Crippen LogP) is 4.55. The molecule has 0 aliphatic carbocycles. The van der Waals surface area contributed by atoms with Crippen LogP contribution in [0.4, 0.5) is 20.3 Å². The lowest BCUT2D eigenvalue weighted by atomic mass is 10.0. The molecule has 2 aromatic carbocycles. The Morgan fingerprint density at radius 2 is 1.80 bits per heavy atom. The first-order valence-electron chi connectivity index (χ1n) is 14.6. The van der Waals surface area contributed by atoms with E-state index in [-0.39, 0.29) is 34.7 Å². The van der Waals surface area contributed by atoms with Gasteiger partial charge in [-0.15, -0.1) is 0 Å². The van der Waals surface area contributed by atoms with Gasteiger partial charge < -0.3 is 25.2 Å². The van der Waals surface area contributed by atoms with Gasteiger partial charge in [-0.3, -0.25) is 14.0 Å². The van der Waals surface area contributed by atoms with Crippen molar-refractivity contribution in [1.82, 2.24) is 29.5 Å². The smallest absolute Gasteiger partial charge is 0.254 e. The number of carbonyl (C=O) groups is 2. The molecule has 2 aliphatic heterocycles. The third-order valence-electron chi connectivity index (χ3n) is 8.49. The molecule has 6 rings (SSSR count). The van der Waals surface area contributed by atoms with Crippen LogP contribution in [0.15, 0.2) is 48.9 Å². The van der Waals surface area contributed by atoms with E-state index in [0.29, 0.717) is 54.6 Å². The Hall–Kier alpha value is -4.58. The zero-order chi connectivity index (χ0) is 31.2. The first-order valence-corrected chi connectivity index (χ1v) is 14.6. The number of ether oxygens (including phenoxy) is 1. The topological polar surface area (TPSA) is 104 Å². The van der Waals surface area contributed by atoms with E-state index in [1.54, 1.807) is 27.6 Å². The molecule has 4 aromatic rings. The van der Waals surface area contributed by atoms with Crippen LogP contribution in [0.2, 0.25) is 0 Å². The molecular formula is C32H35F2N7O3. The molecule has 2 aliphatic rings. The SMILES string of the molecule is COc1ccc(-c2cnc3c(Nc4ccc(C(=O)N5CCN(C(=O)[C@@H]6CCC(C)(C)N6)CC5)c(C)c4)nccn23)c(F)c1F. The van der Waals surface area contributed by atoms with Crippen LogP contribution in [0.25, 0.3) is 16.9 Å². The highest BCUT2D eigenvalue weighted by Crippen LogP contribution is 2.32. The highest BCUT2D eigenvalue weighted by molar-refractivity contribution is 5.96. The summed E-state index contributed by atoms with van der Waals surface area (Å²) in [5.41, 5.74) is 2.83. The third-order valence-corrected chi connectivity index (χ3v) is 8.49. The van der Waals surface area contributed by atoms with Crippen molar-refractivity contribution >= 4 is 29.0 Å². The zero-order valence-electron chi connectivity index (χ0n) is 25.2. The monoisotopic (exact) mass is 603 g/mol. The summed E-state index contributed by atoms with van der Waals surface area (Å²) < 4.78 is 35.7. The Bertz CT molecular complexity index is 1750. The van der Waals surface area contributed by atoms with Gasteiger partial charge >= 0.3 is 0 Å². The second-order valence-corrected chi connectivity index (χ2v) is 11.9. The van der Waals surface area contributed by atoms with Crippen molar-refractivity contribution in [2.75, 3.05) is 38.6 Å². The van der Waals surface area contributed by atoms with Gasteiger partial charge in [-0.1, -0.05) is 0 Å². The van der Waals surface area contributed by atoms with E-state index in [9.17, 15) is 18.4 Å². The van der Waals surface area contributed by atoms with Gasteiger partial charge in [0.05, 0.1) is 25.0 Å². The first kappa shape index (κ1) is 29.5. The summed E-state index contributed by atoms with van der Waals surface area (Å²) >= 11 is 0. The van der Waals surface area contributed by atoms with Crippen molar-refractivity contribution in [2.24, 2.45) is 0 Å². The van der Waals surface area contributed by atoms with Crippen molar-refractivity contribution in [1.29, 1.82) is 0 Å². The number of halogens is 2. The fourth-order valence-electron chi connectivity index (χ4n) is 6.04. The molecule has 4 heterocycles. The lowest BCUT2D eigenvalue weighted by Gasteiger charge is -2.36. The highest BCUT2D eigenvalue weighted by Gasteiger charge is 2.37. The fraction of sp³-hybridized carbons (Fsp3) is 0.375. The van der Waals surface area contributed by atoms with E-state index in [0.717, 1.165) is 18.4 Å². The number of fused-ring (bicyclic) bond motifs is 1. The van der Waals surface area contributed by atoms with Gasteiger partial charge in [-0.25, -0.2) is 14.4 Å². The predicted molar refractivity (Wildman–Crippen MR) is 162 cm³/mol. The second-order valence-electron chi connectivity index (χ2n) is 11.9. The minimum absolute atomic E-state index is 0.0297. The van der Waals surface area contributed by atoms with E-state index < -0.39 is 11.6 Å². The maximum atomic E-state index is 14.8. The number of aryl methyl sites for hydroxylation is 1. The number of imidazole rings is 1. The molecule has 12 heteroatoms. The third kappa shape index (κ3) is 5.45. The summed E-state index contributed by atoms with van der Waals surface area (Å²) in [5, 5.41) is 6.66. The Labute approximate surface area is 254 Å². The van der Waals surface area contributed by atoms with Gasteiger partial charge in [0.2, 0.25) is 11.7 Å². The lowest BCUT2D eigenvalue weighted by molar-refractivity contribution is -0.134. The second kappa shape index (κ2) is 11.5. The van der Waals surface area contributed by atoms with Crippen LogP contribution in [-0.4, -0.2) is 80.9 Å². The lowest BCUT2D eigenvalue weighted by Crippen LogP contribution is -2.55. The number of benzene rings is 2. The number of methoxy groups -OCH3 is 1. The van der Waals surface area contributed by atoms with Gasteiger partial charge in [0, 0.05) is 60.9 Å². The summed E-state index contributed by atoms with van der Waals surface area (Å²) in [6.45, 7) is 8.07. The number of hydrogen-bond donors (Lipinski definition) is 2. The molecule has 2 amide bonds. The normalized spacial score (nSPS) is 18.1. The minimum atomic E-state index is -1.07. The molecule has 2 N–H and O–H groups in total. The summed E-state index contributed by atoms with van der Waals surface area (Å²) in [7, 11) is 1.28. The molecule has 0 bridgehead atoms. The fourth-order valence-corrected chi connectivity index (χ4v) is 6.04. The van der Waals surface area contributed by atoms with Crippen LogP contribution < -0.4 is 15.4 Å². The van der Waals surface area contributed by atoms with Crippen molar-refractivity contribution in [3.8, 4) is 17.0 Å². The van der Waals surface area contributed by atoms with Gasteiger partial charge in [0.25, 0.3) is 5.91 Å². The molecule has 0 unspecified atom stereocenters.